The summed E-state index contributed by atoms with van der Waals surface area (Å²) in [5, 5.41) is 6.87. The third-order valence-corrected chi connectivity index (χ3v) is 3.83. The van der Waals surface area contributed by atoms with Crippen molar-refractivity contribution >= 4 is 22.7 Å². The van der Waals surface area contributed by atoms with Crippen LogP contribution in [-0.2, 0) is 16.0 Å². The van der Waals surface area contributed by atoms with E-state index >= 15 is 0 Å². The Labute approximate surface area is 143 Å². The van der Waals surface area contributed by atoms with Gasteiger partial charge in [-0.15, -0.1) is 0 Å². The minimum absolute atomic E-state index is 0.0227. The zero-order chi connectivity index (χ0) is 17.9. The van der Waals surface area contributed by atoms with Crippen molar-refractivity contribution in [1.82, 2.24) is 15.6 Å². The predicted molar refractivity (Wildman–Crippen MR) is 96.7 cm³/mol. The van der Waals surface area contributed by atoms with Crippen molar-refractivity contribution in [2.24, 2.45) is 5.41 Å². The molecule has 0 saturated carbocycles. The topological polar surface area (TPSA) is 74.0 Å². The van der Waals surface area contributed by atoms with E-state index in [9.17, 15) is 9.59 Å². The van der Waals surface area contributed by atoms with Crippen LogP contribution in [0.4, 0.5) is 0 Å². The largest absolute Gasteiger partial charge is 0.361 e. The molecule has 130 valence electrons. The van der Waals surface area contributed by atoms with Gasteiger partial charge in [0.1, 0.15) is 6.04 Å². The van der Waals surface area contributed by atoms with Crippen LogP contribution in [0.3, 0.4) is 0 Å². The highest BCUT2D eigenvalue weighted by Crippen LogP contribution is 2.20. The Bertz CT molecular complexity index is 726. The molecule has 1 heterocycles. The van der Waals surface area contributed by atoms with Crippen molar-refractivity contribution in [3.05, 3.63) is 36.0 Å². The van der Waals surface area contributed by atoms with Crippen LogP contribution in [0.15, 0.2) is 30.5 Å². The summed E-state index contributed by atoms with van der Waals surface area (Å²) in [7, 11) is 0. The smallest absolute Gasteiger partial charge is 0.243 e. The molecule has 2 rings (SSSR count). The first-order valence-corrected chi connectivity index (χ1v) is 8.35. The Kier molecular flexibility index (Phi) is 5.32. The quantitative estimate of drug-likeness (QED) is 0.789. The molecular weight excluding hydrogens is 302 g/mol. The van der Waals surface area contributed by atoms with E-state index in [0.29, 0.717) is 6.42 Å². The minimum Gasteiger partial charge on any atom is -0.361 e. The first-order valence-electron chi connectivity index (χ1n) is 8.35. The molecule has 1 aromatic carbocycles. The number of aromatic nitrogens is 1. The summed E-state index contributed by atoms with van der Waals surface area (Å²) in [6.45, 7) is 9.33. The molecular formula is C19H27N3O2. The van der Waals surface area contributed by atoms with Gasteiger partial charge in [0.2, 0.25) is 11.8 Å². The van der Waals surface area contributed by atoms with E-state index in [-0.39, 0.29) is 17.9 Å². The molecule has 0 unspecified atom stereocenters. The fraction of sp³-hybridized carbons (Fsp3) is 0.474. The molecule has 1 aromatic heterocycles. The molecule has 24 heavy (non-hydrogen) atoms. The molecule has 1 atom stereocenters. The molecule has 0 bridgehead atoms. The van der Waals surface area contributed by atoms with E-state index in [1.165, 1.54) is 0 Å². The van der Waals surface area contributed by atoms with E-state index in [1.54, 1.807) is 0 Å². The van der Waals surface area contributed by atoms with Crippen LogP contribution >= 0.6 is 0 Å². The number of H-pyrrole nitrogens is 1. The van der Waals surface area contributed by atoms with Crippen molar-refractivity contribution in [1.29, 1.82) is 0 Å². The molecule has 0 saturated heterocycles. The van der Waals surface area contributed by atoms with Gasteiger partial charge in [0, 0.05) is 35.0 Å². The second-order valence-electron chi connectivity index (χ2n) is 7.50. The Balaban J connectivity index is 2.25. The molecule has 0 aliphatic heterocycles. The van der Waals surface area contributed by atoms with Crippen molar-refractivity contribution in [3.8, 4) is 0 Å². The van der Waals surface area contributed by atoms with Gasteiger partial charge in [-0.25, -0.2) is 0 Å². The van der Waals surface area contributed by atoms with Gasteiger partial charge in [0.25, 0.3) is 0 Å². The summed E-state index contributed by atoms with van der Waals surface area (Å²) in [6.07, 6.45) is 2.36. The first kappa shape index (κ1) is 18.0. The van der Waals surface area contributed by atoms with Gasteiger partial charge in [-0.05, 0) is 25.5 Å². The highest BCUT2D eigenvalue weighted by molar-refractivity contribution is 5.91. The summed E-state index contributed by atoms with van der Waals surface area (Å²) >= 11 is 0. The highest BCUT2D eigenvalue weighted by Gasteiger charge is 2.28. The van der Waals surface area contributed by atoms with Crippen molar-refractivity contribution in [3.63, 3.8) is 0 Å². The normalized spacial score (nSPS) is 13.1. The molecule has 5 heteroatoms. The highest BCUT2D eigenvalue weighted by atomic mass is 16.2. The van der Waals surface area contributed by atoms with Crippen LogP contribution in [0, 0.1) is 5.41 Å². The average molecular weight is 329 g/mol. The van der Waals surface area contributed by atoms with Gasteiger partial charge in [0.15, 0.2) is 0 Å². The van der Waals surface area contributed by atoms with E-state index in [0.717, 1.165) is 16.5 Å². The number of para-hydroxylation sites is 1. The molecule has 2 aromatic rings. The van der Waals surface area contributed by atoms with E-state index in [1.807, 2.05) is 65.1 Å². The summed E-state index contributed by atoms with van der Waals surface area (Å²) in [6, 6.07) is 7.37. The number of hydrogen-bond donors (Lipinski definition) is 3. The van der Waals surface area contributed by atoms with Gasteiger partial charge in [-0.3, -0.25) is 9.59 Å². The van der Waals surface area contributed by atoms with Crippen LogP contribution in [0.25, 0.3) is 10.9 Å². The first-order chi connectivity index (χ1) is 11.2. The lowest BCUT2D eigenvalue weighted by molar-refractivity contribution is -0.133. The van der Waals surface area contributed by atoms with Crippen LogP contribution in [-0.4, -0.2) is 28.9 Å². The number of hydrogen-bond acceptors (Lipinski definition) is 2. The SMILES string of the molecule is CC(C)NC(=O)[C@H](Cc1c[nH]c2ccccc12)NC(=O)C(C)(C)C. The third-order valence-electron chi connectivity index (χ3n) is 3.83. The lowest BCUT2D eigenvalue weighted by atomic mass is 9.94. The Morgan fingerprint density at radius 2 is 1.79 bits per heavy atom. The molecule has 0 aliphatic carbocycles. The summed E-state index contributed by atoms with van der Waals surface area (Å²) in [5.41, 5.74) is 1.50. The minimum atomic E-state index is -0.599. The number of fused-ring (bicyclic) bond motifs is 1. The zero-order valence-electron chi connectivity index (χ0n) is 15.1. The van der Waals surface area contributed by atoms with Crippen LogP contribution < -0.4 is 10.6 Å². The number of amides is 2. The summed E-state index contributed by atoms with van der Waals surface area (Å²) in [4.78, 5) is 28.1. The average Bonchev–Trinajstić information content (AvgIpc) is 2.88. The second-order valence-corrected chi connectivity index (χ2v) is 7.50. The molecule has 5 nitrogen and oxygen atoms in total. The molecule has 0 spiro atoms. The van der Waals surface area contributed by atoms with Crippen molar-refractivity contribution < 1.29 is 9.59 Å². The van der Waals surface area contributed by atoms with Gasteiger partial charge in [-0.1, -0.05) is 39.0 Å². The lowest BCUT2D eigenvalue weighted by Gasteiger charge is -2.24. The molecule has 0 fully saturated rings. The Hall–Kier alpha value is -2.30. The molecule has 0 aliphatic rings. The maximum Gasteiger partial charge on any atom is 0.243 e. The predicted octanol–water partition coefficient (Wildman–Crippen LogP) is 2.77. The van der Waals surface area contributed by atoms with Crippen LogP contribution in [0.5, 0.6) is 0 Å². The van der Waals surface area contributed by atoms with E-state index < -0.39 is 11.5 Å². The number of carbonyl (C=O) groups is 2. The number of aromatic amines is 1. The van der Waals surface area contributed by atoms with Crippen molar-refractivity contribution in [2.45, 2.75) is 53.1 Å². The Morgan fingerprint density at radius 1 is 1.12 bits per heavy atom. The van der Waals surface area contributed by atoms with Crippen LogP contribution in [0.1, 0.15) is 40.2 Å². The zero-order valence-corrected chi connectivity index (χ0v) is 15.1. The number of rotatable bonds is 5. The Morgan fingerprint density at radius 3 is 2.42 bits per heavy atom. The van der Waals surface area contributed by atoms with Gasteiger partial charge in [0.05, 0.1) is 0 Å². The van der Waals surface area contributed by atoms with Crippen molar-refractivity contribution in [2.75, 3.05) is 0 Å². The second kappa shape index (κ2) is 7.07. The van der Waals surface area contributed by atoms with E-state index in [4.69, 9.17) is 0 Å². The van der Waals surface area contributed by atoms with Gasteiger partial charge < -0.3 is 15.6 Å². The van der Waals surface area contributed by atoms with Crippen LogP contribution in [0.2, 0.25) is 0 Å². The summed E-state index contributed by atoms with van der Waals surface area (Å²) in [5.74, 6) is -0.292. The number of nitrogens with one attached hydrogen (secondary N) is 3. The molecule has 3 N–H and O–H groups in total. The van der Waals surface area contributed by atoms with Gasteiger partial charge >= 0.3 is 0 Å². The third kappa shape index (κ3) is 4.37. The standard InChI is InChI=1S/C19H27N3O2/c1-12(2)21-17(23)16(22-18(24)19(3,4)5)10-13-11-20-15-9-7-6-8-14(13)15/h6-9,11-12,16,20H,10H2,1-5H3,(H,21,23)(H,22,24)/t16-/m0/s1. The molecule has 2 amide bonds. The number of carbonyl (C=O) groups excluding carboxylic acids is 2. The fourth-order valence-electron chi connectivity index (χ4n) is 2.49. The fourth-order valence-corrected chi connectivity index (χ4v) is 2.49. The maximum atomic E-state index is 12.5. The molecule has 0 radical (unpaired) electrons. The van der Waals surface area contributed by atoms with E-state index in [2.05, 4.69) is 15.6 Å². The summed E-state index contributed by atoms with van der Waals surface area (Å²) < 4.78 is 0. The monoisotopic (exact) mass is 329 g/mol. The van der Waals surface area contributed by atoms with Gasteiger partial charge in [-0.2, -0.15) is 0 Å². The lowest BCUT2D eigenvalue weighted by Crippen LogP contribution is -2.52. The maximum absolute atomic E-state index is 12.5. The number of benzene rings is 1.